The Balaban J connectivity index is 1.88. The molecule has 100 valence electrons. The minimum Gasteiger partial charge on any atom is -0.330 e. The van der Waals surface area contributed by atoms with Gasteiger partial charge in [0.25, 0.3) is 0 Å². The van der Waals surface area contributed by atoms with Gasteiger partial charge in [0.05, 0.1) is 0 Å². The third-order valence-electron chi connectivity index (χ3n) is 4.49. The number of halogens is 2. The van der Waals surface area contributed by atoms with Crippen LogP contribution < -0.4 is 11.1 Å². The molecule has 2 saturated heterocycles. The average Bonchev–Trinajstić information content (AvgIpc) is 2.39. The first kappa shape index (κ1) is 13.2. The first-order valence-corrected chi connectivity index (χ1v) is 6.61. The second-order valence-electron chi connectivity index (χ2n) is 5.38. The van der Waals surface area contributed by atoms with E-state index >= 15 is 0 Å². The van der Waals surface area contributed by atoms with Crippen LogP contribution in [0.15, 0.2) is 0 Å². The van der Waals surface area contributed by atoms with Crippen LogP contribution in [0, 0.1) is 5.41 Å². The van der Waals surface area contributed by atoms with E-state index in [-0.39, 0.29) is 6.54 Å². The van der Waals surface area contributed by atoms with Gasteiger partial charge in [0.15, 0.2) is 0 Å². The summed E-state index contributed by atoms with van der Waals surface area (Å²) in [5.41, 5.74) is 4.64. The fourth-order valence-corrected chi connectivity index (χ4v) is 3.02. The molecule has 17 heavy (non-hydrogen) atoms. The normalized spacial score (nSPS) is 27.5. The van der Waals surface area contributed by atoms with Crippen molar-refractivity contribution in [3.63, 3.8) is 0 Å². The molecule has 2 rings (SSSR count). The van der Waals surface area contributed by atoms with Crippen molar-refractivity contribution >= 4 is 0 Å². The molecule has 5 heteroatoms. The summed E-state index contributed by atoms with van der Waals surface area (Å²) in [6.07, 6.45) is 1.10. The summed E-state index contributed by atoms with van der Waals surface area (Å²) in [5.74, 6) is 0. The Hall–Kier alpha value is -0.260. The first-order valence-electron chi connectivity index (χ1n) is 6.61. The highest BCUT2D eigenvalue weighted by Gasteiger charge is 2.42. The van der Waals surface area contributed by atoms with Crippen molar-refractivity contribution in [1.82, 2.24) is 10.2 Å². The van der Waals surface area contributed by atoms with E-state index in [0.717, 1.165) is 39.0 Å². The van der Waals surface area contributed by atoms with Gasteiger partial charge in [-0.3, -0.25) is 0 Å². The molecular formula is C12H23F2N3. The lowest BCUT2D eigenvalue weighted by Crippen LogP contribution is -2.52. The van der Waals surface area contributed by atoms with E-state index in [0.29, 0.717) is 18.9 Å². The van der Waals surface area contributed by atoms with Gasteiger partial charge in [-0.05, 0) is 51.9 Å². The fourth-order valence-electron chi connectivity index (χ4n) is 3.02. The van der Waals surface area contributed by atoms with Gasteiger partial charge in [-0.25, -0.2) is 8.78 Å². The second kappa shape index (κ2) is 5.59. The SMILES string of the molecule is NCC1(C(F)F)CCN(C2CCNCC2)CC1. The van der Waals surface area contributed by atoms with Crippen LogP contribution in [0.1, 0.15) is 25.7 Å². The Kier molecular flexibility index (Phi) is 4.33. The van der Waals surface area contributed by atoms with Gasteiger partial charge in [-0.15, -0.1) is 0 Å². The summed E-state index contributed by atoms with van der Waals surface area (Å²) in [6.45, 7) is 3.79. The molecule has 2 aliphatic rings. The zero-order valence-corrected chi connectivity index (χ0v) is 10.3. The standard InChI is InChI=1S/C12H23F2N3/c13-11(14)12(9-15)3-7-17(8-4-12)10-1-5-16-6-2-10/h10-11,16H,1-9,15H2. The molecule has 2 heterocycles. The molecule has 0 spiro atoms. The molecule has 0 amide bonds. The van der Waals surface area contributed by atoms with Gasteiger partial charge < -0.3 is 16.0 Å². The minimum atomic E-state index is -2.28. The molecule has 2 aliphatic heterocycles. The smallest absolute Gasteiger partial charge is 0.245 e. The van der Waals surface area contributed by atoms with Crippen molar-refractivity contribution in [2.75, 3.05) is 32.7 Å². The molecule has 0 aromatic carbocycles. The molecule has 0 saturated carbocycles. The van der Waals surface area contributed by atoms with Crippen LogP contribution in [-0.2, 0) is 0 Å². The third-order valence-corrected chi connectivity index (χ3v) is 4.49. The predicted octanol–water partition coefficient (Wildman–Crippen LogP) is 1.04. The highest BCUT2D eigenvalue weighted by atomic mass is 19.3. The van der Waals surface area contributed by atoms with Gasteiger partial charge in [0.1, 0.15) is 0 Å². The Morgan fingerprint density at radius 1 is 1.24 bits per heavy atom. The molecule has 0 unspecified atom stereocenters. The summed E-state index contributed by atoms with van der Waals surface area (Å²) in [4.78, 5) is 2.39. The summed E-state index contributed by atoms with van der Waals surface area (Å²) >= 11 is 0. The number of nitrogens with one attached hydrogen (secondary N) is 1. The van der Waals surface area contributed by atoms with Crippen molar-refractivity contribution in [1.29, 1.82) is 0 Å². The fraction of sp³-hybridized carbons (Fsp3) is 1.00. The number of nitrogens with zero attached hydrogens (tertiary/aromatic N) is 1. The number of rotatable bonds is 3. The number of hydrogen-bond acceptors (Lipinski definition) is 3. The number of hydrogen-bond donors (Lipinski definition) is 2. The van der Waals surface area contributed by atoms with Gasteiger partial charge in [0, 0.05) is 18.0 Å². The van der Waals surface area contributed by atoms with Gasteiger partial charge in [-0.2, -0.15) is 0 Å². The van der Waals surface area contributed by atoms with Crippen LogP contribution >= 0.6 is 0 Å². The highest BCUT2D eigenvalue weighted by Crippen LogP contribution is 2.37. The van der Waals surface area contributed by atoms with Gasteiger partial charge in [-0.1, -0.05) is 0 Å². The minimum absolute atomic E-state index is 0.116. The second-order valence-corrected chi connectivity index (χ2v) is 5.38. The maximum absolute atomic E-state index is 13.0. The molecular weight excluding hydrogens is 224 g/mol. The molecule has 0 aliphatic carbocycles. The monoisotopic (exact) mass is 247 g/mol. The van der Waals surface area contributed by atoms with Crippen LogP contribution in [0.2, 0.25) is 0 Å². The Morgan fingerprint density at radius 3 is 2.29 bits per heavy atom. The zero-order valence-electron chi connectivity index (χ0n) is 10.3. The van der Waals surface area contributed by atoms with Crippen LogP contribution in [0.4, 0.5) is 8.78 Å². The number of nitrogens with two attached hydrogens (primary N) is 1. The summed E-state index contributed by atoms with van der Waals surface area (Å²) in [6, 6.07) is 0.588. The Morgan fingerprint density at radius 2 is 1.82 bits per heavy atom. The maximum atomic E-state index is 13.0. The Bertz CT molecular complexity index is 234. The van der Waals surface area contributed by atoms with E-state index in [1.54, 1.807) is 0 Å². The van der Waals surface area contributed by atoms with E-state index in [1.807, 2.05) is 0 Å². The first-order chi connectivity index (χ1) is 8.18. The lowest BCUT2D eigenvalue weighted by Gasteiger charge is -2.44. The van der Waals surface area contributed by atoms with E-state index in [1.165, 1.54) is 0 Å². The third kappa shape index (κ3) is 2.77. The predicted molar refractivity (Wildman–Crippen MR) is 64.2 cm³/mol. The quantitative estimate of drug-likeness (QED) is 0.783. The van der Waals surface area contributed by atoms with Crippen molar-refractivity contribution in [2.45, 2.75) is 38.2 Å². The summed E-state index contributed by atoms with van der Waals surface area (Å²) in [7, 11) is 0. The summed E-state index contributed by atoms with van der Waals surface area (Å²) < 4.78 is 26.1. The molecule has 3 N–H and O–H groups in total. The van der Waals surface area contributed by atoms with Crippen LogP contribution in [-0.4, -0.2) is 50.1 Å². The lowest BCUT2D eigenvalue weighted by molar-refractivity contribution is -0.0504. The highest BCUT2D eigenvalue weighted by molar-refractivity contribution is 4.91. The largest absolute Gasteiger partial charge is 0.330 e. The van der Waals surface area contributed by atoms with E-state index < -0.39 is 11.8 Å². The summed E-state index contributed by atoms with van der Waals surface area (Å²) in [5, 5.41) is 3.33. The molecule has 2 fully saturated rings. The van der Waals surface area contributed by atoms with E-state index in [9.17, 15) is 8.78 Å². The number of piperidine rings is 2. The number of likely N-dealkylation sites (tertiary alicyclic amines) is 1. The molecule has 0 aromatic heterocycles. The van der Waals surface area contributed by atoms with Crippen LogP contribution in [0.5, 0.6) is 0 Å². The molecule has 0 bridgehead atoms. The molecule has 0 atom stereocenters. The van der Waals surface area contributed by atoms with E-state index in [2.05, 4.69) is 10.2 Å². The topological polar surface area (TPSA) is 41.3 Å². The average molecular weight is 247 g/mol. The molecule has 3 nitrogen and oxygen atoms in total. The number of alkyl halides is 2. The van der Waals surface area contributed by atoms with Crippen molar-refractivity contribution in [2.24, 2.45) is 11.1 Å². The zero-order chi connectivity index (χ0) is 12.3. The van der Waals surface area contributed by atoms with Crippen molar-refractivity contribution < 1.29 is 8.78 Å². The van der Waals surface area contributed by atoms with Gasteiger partial charge >= 0.3 is 0 Å². The van der Waals surface area contributed by atoms with Crippen LogP contribution in [0.3, 0.4) is 0 Å². The maximum Gasteiger partial charge on any atom is 0.245 e. The molecule has 0 aromatic rings. The van der Waals surface area contributed by atoms with Gasteiger partial charge in [0.2, 0.25) is 6.43 Å². The van der Waals surface area contributed by atoms with E-state index in [4.69, 9.17) is 5.73 Å². The van der Waals surface area contributed by atoms with Crippen molar-refractivity contribution in [3.05, 3.63) is 0 Å². The lowest BCUT2D eigenvalue weighted by atomic mass is 9.78. The molecule has 0 radical (unpaired) electrons. The Labute approximate surface area is 102 Å². The van der Waals surface area contributed by atoms with Crippen molar-refractivity contribution in [3.8, 4) is 0 Å². The van der Waals surface area contributed by atoms with Crippen LogP contribution in [0.25, 0.3) is 0 Å².